The molecule has 0 radical (unpaired) electrons. The number of anilines is 2. The van der Waals surface area contributed by atoms with E-state index in [0.717, 1.165) is 22.3 Å². The lowest BCUT2D eigenvalue weighted by Crippen LogP contribution is -2.16. The number of carbonyl (C=O) groups is 1. The molecular weight excluding hydrogens is 384 g/mol. The van der Waals surface area contributed by atoms with E-state index in [9.17, 15) is 13.2 Å². The molecule has 150 valence electrons. The van der Waals surface area contributed by atoms with Crippen molar-refractivity contribution in [3.8, 4) is 0 Å². The van der Waals surface area contributed by atoms with Gasteiger partial charge in [-0.05, 0) is 61.7 Å². The summed E-state index contributed by atoms with van der Waals surface area (Å²) in [6.07, 6.45) is 0.258. The molecule has 29 heavy (non-hydrogen) atoms. The highest BCUT2D eigenvalue weighted by Gasteiger charge is 2.16. The maximum absolute atomic E-state index is 12.7. The van der Waals surface area contributed by atoms with Gasteiger partial charge in [0.15, 0.2) is 0 Å². The van der Waals surface area contributed by atoms with Crippen molar-refractivity contribution in [3.63, 3.8) is 0 Å². The summed E-state index contributed by atoms with van der Waals surface area (Å²) in [4.78, 5) is 12.4. The largest absolute Gasteiger partial charge is 0.326 e. The monoisotopic (exact) mass is 408 g/mol. The molecule has 0 aliphatic rings. The molecule has 0 unspecified atom stereocenters. The second-order valence-corrected chi connectivity index (χ2v) is 8.79. The lowest BCUT2D eigenvalue weighted by molar-refractivity contribution is -0.115. The molecule has 0 aliphatic carbocycles. The van der Waals surface area contributed by atoms with Gasteiger partial charge in [-0.2, -0.15) is 0 Å². The number of hydrogen-bond acceptors (Lipinski definition) is 3. The van der Waals surface area contributed by atoms with E-state index in [-0.39, 0.29) is 17.2 Å². The molecule has 0 spiro atoms. The zero-order valence-electron chi connectivity index (χ0n) is 16.7. The number of benzene rings is 3. The fourth-order valence-electron chi connectivity index (χ4n) is 2.98. The van der Waals surface area contributed by atoms with Crippen LogP contribution in [0.15, 0.2) is 71.6 Å². The number of sulfonamides is 1. The number of aryl methyl sites for hydroxylation is 3. The number of rotatable bonds is 6. The van der Waals surface area contributed by atoms with Gasteiger partial charge in [0.05, 0.1) is 17.0 Å². The standard InChI is InChI=1S/C23H24N2O3S/c1-16-7-9-19(10-8-16)15-22(26)24-20-11-13-21(14-12-20)29(27,28)25-23-17(2)5-4-6-18(23)3/h4-14,25H,15H2,1-3H3,(H,24,26). The minimum Gasteiger partial charge on any atom is -0.326 e. The van der Waals surface area contributed by atoms with Crippen molar-refractivity contribution in [2.75, 3.05) is 10.0 Å². The second-order valence-electron chi connectivity index (χ2n) is 7.11. The van der Waals surface area contributed by atoms with E-state index in [0.29, 0.717) is 11.4 Å². The van der Waals surface area contributed by atoms with Crippen LogP contribution in [0, 0.1) is 20.8 Å². The van der Waals surface area contributed by atoms with Crippen molar-refractivity contribution in [1.82, 2.24) is 0 Å². The fourth-order valence-corrected chi connectivity index (χ4v) is 4.19. The molecule has 3 aromatic rings. The molecule has 0 heterocycles. The topological polar surface area (TPSA) is 75.3 Å². The Morgan fingerprint density at radius 1 is 0.828 bits per heavy atom. The summed E-state index contributed by atoms with van der Waals surface area (Å²) in [6.45, 7) is 5.71. The predicted octanol–water partition coefficient (Wildman–Crippen LogP) is 4.59. The van der Waals surface area contributed by atoms with E-state index in [1.807, 2.05) is 63.2 Å². The highest BCUT2D eigenvalue weighted by molar-refractivity contribution is 7.92. The van der Waals surface area contributed by atoms with Crippen LogP contribution in [0.1, 0.15) is 22.3 Å². The lowest BCUT2D eigenvalue weighted by atomic mass is 10.1. The van der Waals surface area contributed by atoms with Gasteiger partial charge in [0.25, 0.3) is 10.0 Å². The summed E-state index contributed by atoms with van der Waals surface area (Å²) < 4.78 is 28.1. The number of amides is 1. The summed E-state index contributed by atoms with van der Waals surface area (Å²) in [5, 5.41) is 2.80. The first-order valence-electron chi connectivity index (χ1n) is 9.29. The van der Waals surface area contributed by atoms with Gasteiger partial charge in [-0.15, -0.1) is 0 Å². The maximum atomic E-state index is 12.7. The molecule has 0 atom stereocenters. The number of hydrogen-bond donors (Lipinski definition) is 2. The normalized spacial score (nSPS) is 11.1. The average Bonchev–Trinajstić information content (AvgIpc) is 2.67. The van der Waals surface area contributed by atoms with Crippen molar-refractivity contribution in [1.29, 1.82) is 0 Å². The molecule has 0 aromatic heterocycles. The molecular formula is C23H24N2O3S. The summed E-state index contributed by atoms with van der Waals surface area (Å²) in [7, 11) is -3.72. The first-order valence-corrected chi connectivity index (χ1v) is 10.8. The lowest BCUT2D eigenvalue weighted by Gasteiger charge is -2.13. The highest BCUT2D eigenvalue weighted by atomic mass is 32.2. The molecule has 3 rings (SSSR count). The molecule has 0 saturated carbocycles. The van der Waals surface area contributed by atoms with Crippen molar-refractivity contribution < 1.29 is 13.2 Å². The quantitative estimate of drug-likeness (QED) is 0.626. The van der Waals surface area contributed by atoms with E-state index in [2.05, 4.69) is 10.0 Å². The third-order valence-electron chi connectivity index (χ3n) is 4.65. The third kappa shape index (κ3) is 5.23. The first kappa shape index (κ1) is 20.6. The Kier molecular flexibility index (Phi) is 6.03. The van der Waals surface area contributed by atoms with Crippen LogP contribution in [0.3, 0.4) is 0 Å². The van der Waals surface area contributed by atoms with Gasteiger partial charge in [0, 0.05) is 5.69 Å². The van der Waals surface area contributed by atoms with Gasteiger partial charge in [0.2, 0.25) is 5.91 Å². The van der Waals surface area contributed by atoms with E-state index < -0.39 is 10.0 Å². The SMILES string of the molecule is Cc1ccc(CC(=O)Nc2ccc(S(=O)(=O)Nc3c(C)cccc3C)cc2)cc1. The van der Waals surface area contributed by atoms with Crippen molar-refractivity contribution in [2.45, 2.75) is 32.1 Å². The minimum absolute atomic E-state index is 0.136. The zero-order valence-corrected chi connectivity index (χ0v) is 17.5. The molecule has 0 saturated heterocycles. The van der Waals surface area contributed by atoms with Crippen LogP contribution < -0.4 is 10.0 Å². The Hall–Kier alpha value is -3.12. The van der Waals surface area contributed by atoms with Crippen LogP contribution in [-0.4, -0.2) is 14.3 Å². The second kappa shape index (κ2) is 8.49. The molecule has 3 aromatic carbocycles. The number of nitrogens with one attached hydrogen (secondary N) is 2. The molecule has 0 aliphatic heterocycles. The van der Waals surface area contributed by atoms with Crippen LogP contribution in [0.5, 0.6) is 0 Å². The van der Waals surface area contributed by atoms with Gasteiger partial charge in [-0.1, -0.05) is 48.0 Å². The smallest absolute Gasteiger partial charge is 0.261 e. The molecule has 6 heteroatoms. The summed E-state index contributed by atoms with van der Waals surface area (Å²) in [5.74, 6) is -0.155. The molecule has 2 N–H and O–H groups in total. The number of carbonyl (C=O) groups excluding carboxylic acids is 1. The van der Waals surface area contributed by atoms with E-state index in [1.165, 1.54) is 12.1 Å². The predicted molar refractivity (Wildman–Crippen MR) is 117 cm³/mol. The van der Waals surface area contributed by atoms with Gasteiger partial charge >= 0.3 is 0 Å². The van der Waals surface area contributed by atoms with Crippen molar-refractivity contribution >= 4 is 27.3 Å². The molecule has 0 bridgehead atoms. The Balaban J connectivity index is 1.69. The highest BCUT2D eigenvalue weighted by Crippen LogP contribution is 2.24. The maximum Gasteiger partial charge on any atom is 0.261 e. The first-order chi connectivity index (χ1) is 13.7. The Morgan fingerprint density at radius 2 is 1.41 bits per heavy atom. The minimum atomic E-state index is -3.72. The average molecular weight is 409 g/mol. The van der Waals surface area contributed by atoms with Gasteiger partial charge in [-0.3, -0.25) is 9.52 Å². The zero-order chi connectivity index (χ0) is 21.0. The molecule has 1 amide bonds. The summed E-state index contributed by atoms with van der Waals surface area (Å²) >= 11 is 0. The van der Waals surface area contributed by atoms with E-state index in [4.69, 9.17) is 0 Å². The van der Waals surface area contributed by atoms with E-state index >= 15 is 0 Å². The van der Waals surface area contributed by atoms with Crippen LogP contribution in [0.4, 0.5) is 11.4 Å². The van der Waals surface area contributed by atoms with Gasteiger partial charge in [-0.25, -0.2) is 8.42 Å². The number of para-hydroxylation sites is 1. The Labute approximate surface area is 171 Å². The van der Waals surface area contributed by atoms with Crippen molar-refractivity contribution in [2.24, 2.45) is 0 Å². The van der Waals surface area contributed by atoms with Crippen LogP contribution in [0.2, 0.25) is 0 Å². The molecule has 0 fully saturated rings. The van der Waals surface area contributed by atoms with Gasteiger partial charge in [0.1, 0.15) is 0 Å². The fraction of sp³-hybridized carbons (Fsp3) is 0.174. The van der Waals surface area contributed by atoms with Crippen LogP contribution in [-0.2, 0) is 21.2 Å². The Morgan fingerprint density at radius 3 is 2.00 bits per heavy atom. The van der Waals surface area contributed by atoms with Crippen LogP contribution in [0.25, 0.3) is 0 Å². The van der Waals surface area contributed by atoms with E-state index in [1.54, 1.807) is 12.1 Å². The molecule has 5 nitrogen and oxygen atoms in total. The Bertz CT molecular complexity index is 1100. The van der Waals surface area contributed by atoms with Gasteiger partial charge < -0.3 is 5.32 Å². The van der Waals surface area contributed by atoms with Crippen LogP contribution >= 0.6 is 0 Å². The third-order valence-corrected chi connectivity index (χ3v) is 6.02. The summed E-state index contributed by atoms with van der Waals surface area (Å²) in [6, 6.07) is 19.5. The van der Waals surface area contributed by atoms with Crippen molar-refractivity contribution in [3.05, 3.63) is 89.0 Å². The summed E-state index contributed by atoms with van der Waals surface area (Å²) in [5.41, 5.74) is 4.91.